The van der Waals surface area contributed by atoms with Gasteiger partial charge < -0.3 is 19.7 Å². The molecular weight excluding hydrogens is 342 g/mol. The van der Waals surface area contributed by atoms with Crippen molar-refractivity contribution in [3.8, 4) is 0 Å². The van der Waals surface area contributed by atoms with Crippen molar-refractivity contribution in [2.24, 2.45) is 4.99 Å². The van der Waals surface area contributed by atoms with Gasteiger partial charge in [-0.05, 0) is 19.1 Å². The number of aromatic amines is 1. The third-order valence-corrected chi connectivity index (χ3v) is 4.67. The Labute approximate surface area is 147 Å². The molecule has 2 aliphatic rings. The van der Waals surface area contributed by atoms with E-state index in [2.05, 4.69) is 9.98 Å². The lowest BCUT2D eigenvalue weighted by atomic mass is 10.0. The first kappa shape index (κ1) is 16.7. The van der Waals surface area contributed by atoms with E-state index in [9.17, 15) is 19.8 Å². The summed E-state index contributed by atoms with van der Waals surface area (Å²) in [6, 6.07) is 8.95. The van der Waals surface area contributed by atoms with E-state index in [1.165, 1.54) is 13.1 Å². The monoisotopic (exact) mass is 359 g/mol. The van der Waals surface area contributed by atoms with E-state index in [0.29, 0.717) is 5.56 Å². The lowest BCUT2D eigenvalue weighted by molar-refractivity contribution is -0.113. The van der Waals surface area contributed by atoms with Crippen molar-refractivity contribution in [2.45, 2.75) is 24.5 Å². The Morgan fingerprint density at radius 3 is 2.77 bits per heavy atom. The van der Waals surface area contributed by atoms with Crippen LogP contribution in [-0.2, 0) is 15.2 Å². The highest BCUT2D eigenvalue weighted by molar-refractivity contribution is 5.95. The minimum absolute atomic E-state index is 0.192. The predicted octanol–water partition coefficient (Wildman–Crippen LogP) is -0.945. The maximum atomic E-state index is 12.3. The number of aryl methyl sites for hydroxylation is 1. The number of aromatic nitrogens is 2. The molecular formula is C17H17N3O6. The van der Waals surface area contributed by atoms with Gasteiger partial charge in [0.05, 0.1) is 6.61 Å². The molecule has 1 aromatic carbocycles. The van der Waals surface area contributed by atoms with Crippen LogP contribution in [0.25, 0.3) is 0 Å². The lowest BCUT2D eigenvalue weighted by Gasteiger charge is -2.30. The van der Waals surface area contributed by atoms with E-state index < -0.39 is 35.4 Å². The normalized spacial score (nSPS) is 30.0. The van der Waals surface area contributed by atoms with Crippen LogP contribution in [0.4, 0.5) is 0 Å². The van der Waals surface area contributed by atoms with Gasteiger partial charge in [-0.3, -0.25) is 14.3 Å². The molecule has 9 nitrogen and oxygen atoms in total. The number of aliphatic hydroxyl groups excluding tert-OH is 1. The molecule has 4 rings (SSSR count). The number of nitrogens with one attached hydrogen (secondary N) is 1. The standard InChI is InChI=1S/C17H17N3O6/c1-10-7-20(15(23)18-12(10)22)17(24)9-25-16(8-21)14(17)26-13(19-16)11-5-3-2-4-6-11/h2-7,14,21,24H,8-9H2,1H3,(H,18,22,23)/t14-,16-,17+/m1/s1. The highest BCUT2D eigenvalue weighted by atomic mass is 16.6. The molecule has 0 aliphatic carbocycles. The van der Waals surface area contributed by atoms with Gasteiger partial charge in [-0.25, -0.2) is 9.79 Å². The first-order valence-electron chi connectivity index (χ1n) is 8.02. The number of ether oxygens (including phenoxy) is 2. The SMILES string of the molecule is Cc1cn([C@]2(O)CO[C@@]3(CO)N=C(c4ccccc4)O[C@H]32)c(=O)[nH]c1=O. The Bertz CT molecular complexity index is 998. The first-order chi connectivity index (χ1) is 12.4. The van der Waals surface area contributed by atoms with Crippen molar-refractivity contribution in [3.63, 3.8) is 0 Å². The Kier molecular flexibility index (Phi) is 3.62. The van der Waals surface area contributed by atoms with E-state index in [0.717, 1.165) is 4.57 Å². The van der Waals surface area contributed by atoms with Crippen LogP contribution in [0.1, 0.15) is 11.1 Å². The summed E-state index contributed by atoms with van der Waals surface area (Å²) >= 11 is 0. The molecule has 3 heterocycles. The molecule has 26 heavy (non-hydrogen) atoms. The zero-order valence-electron chi connectivity index (χ0n) is 13.9. The van der Waals surface area contributed by atoms with Crippen LogP contribution < -0.4 is 11.2 Å². The molecule has 3 N–H and O–H groups in total. The van der Waals surface area contributed by atoms with Crippen LogP contribution >= 0.6 is 0 Å². The van der Waals surface area contributed by atoms with Crippen molar-refractivity contribution < 1.29 is 19.7 Å². The number of benzene rings is 1. The molecule has 1 aromatic heterocycles. The number of rotatable bonds is 3. The molecule has 9 heteroatoms. The van der Waals surface area contributed by atoms with Gasteiger partial charge in [0.15, 0.2) is 0 Å². The van der Waals surface area contributed by atoms with Gasteiger partial charge in [0, 0.05) is 17.3 Å². The topological polar surface area (TPSA) is 126 Å². The quantitative estimate of drug-likeness (QED) is 0.649. The molecule has 0 amide bonds. The number of hydrogen-bond donors (Lipinski definition) is 3. The van der Waals surface area contributed by atoms with Crippen molar-refractivity contribution in [3.05, 3.63) is 68.5 Å². The molecule has 0 spiro atoms. The summed E-state index contributed by atoms with van der Waals surface area (Å²) in [5.41, 5.74) is -3.96. The summed E-state index contributed by atoms with van der Waals surface area (Å²) in [5.74, 6) is 0.192. The van der Waals surface area contributed by atoms with Gasteiger partial charge in [0.2, 0.25) is 23.5 Å². The second kappa shape index (κ2) is 5.63. The van der Waals surface area contributed by atoms with Gasteiger partial charge in [-0.15, -0.1) is 0 Å². The third kappa shape index (κ3) is 2.25. The minimum Gasteiger partial charge on any atom is -0.463 e. The van der Waals surface area contributed by atoms with Gasteiger partial charge in [-0.1, -0.05) is 18.2 Å². The van der Waals surface area contributed by atoms with Crippen LogP contribution in [0.3, 0.4) is 0 Å². The number of aliphatic hydroxyl groups is 2. The lowest BCUT2D eigenvalue weighted by Crippen LogP contribution is -2.55. The minimum atomic E-state index is -1.95. The number of aliphatic imine (C=N–C) groups is 1. The molecule has 136 valence electrons. The van der Waals surface area contributed by atoms with E-state index in [1.807, 2.05) is 6.07 Å². The predicted molar refractivity (Wildman–Crippen MR) is 89.9 cm³/mol. The molecule has 3 atom stereocenters. The summed E-state index contributed by atoms with van der Waals surface area (Å²) in [4.78, 5) is 30.4. The molecule has 0 bridgehead atoms. The van der Waals surface area contributed by atoms with E-state index >= 15 is 0 Å². The number of nitrogens with zero attached hydrogens (tertiary/aromatic N) is 2. The largest absolute Gasteiger partial charge is 0.463 e. The first-order valence-corrected chi connectivity index (χ1v) is 8.02. The highest BCUT2D eigenvalue weighted by Crippen LogP contribution is 2.43. The fourth-order valence-corrected chi connectivity index (χ4v) is 3.26. The van der Waals surface area contributed by atoms with Crippen LogP contribution in [-0.4, -0.2) is 50.7 Å². The van der Waals surface area contributed by atoms with E-state index in [1.54, 1.807) is 24.3 Å². The van der Waals surface area contributed by atoms with Gasteiger partial charge in [0.25, 0.3) is 5.56 Å². The number of fused-ring (bicyclic) bond motifs is 1. The van der Waals surface area contributed by atoms with Gasteiger partial charge in [0.1, 0.15) is 6.61 Å². The maximum Gasteiger partial charge on any atom is 0.330 e. The summed E-state index contributed by atoms with van der Waals surface area (Å²) < 4.78 is 12.4. The van der Waals surface area contributed by atoms with E-state index in [4.69, 9.17) is 9.47 Å². The van der Waals surface area contributed by atoms with Crippen LogP contribution in [0.15, 0.2) is 51.1 Å². The van der Waals surface area contributed by atoms with Gasteiger partial charge in [-0.2, -0.15) is 0 Å². The summed E-state index contributed by atoms with van der Waals surface area (Å²) in [6.07, 6.45) is 0.0696. The molecule has 2 aromatic rings. The van der Waals surface area contributed by atoms with Crippen LogP contribution in [0.2, 0.25) is 0 Å². The molecule has 1 saturated heterocycles. The van der Waals surface area contributed by atoms with Gasteiger partial charge >= 0.3 is 5.69 Å². The fraction of sp³-hybridized carbons (Fsp3) is 0.353. The van der Waals surface area contributed by atoms with E-state index in [-0.39, 0.29) is 18.1 Å². The zero-order valence-corrected chi connectivity index (χ0v) is 13.9. The molecule has 0 saturated carbocycles. The summed E-state index contributed by atoms with van der Waals surface area (Å²) in [7, 11) is 0. The Morgan fingerprint density at radius 2 is 2.08 bits per heavy atom. The zero-order chi connectivity index (χ0) is 18.5. The molecule has 0 radical (unpaired) electrons. The summed E-state index contributed by atoms with van der Waals surface area (Å²) in [6.45, 7) is 0.622. The molecule has 2 aliphatic heterocycles. The highest BCUT2D eigenvalue weighted by Gasteiger charge is 2.65. The Hall–Kier alpha value is -2.75. The average molecular weight is 359 g/mol. The van der Waals surface area contributed by atoms with Crippen molar-refractivity contribution in [2.75, 3.05) is 13.2 Å². The van der Waals surface area contributed by atoms with Crippen molar-refractivity contribution in [1.29, 1.82) is 0 Å². The molecule has 0 unspecified atom stereocenters. The fourth-order valence-electron chi connectivity index (χ4n) is 3.26. The molecule has 1 fully saturated rings. The Balaban J connectivity index is 1.80. The second-order valence-corrected chi connectivity index (χ2v) is 6.39. The van der Waals surface area contributed by atoms with Crippen molar-refractivity contribution in [1.82, 2.24) is 9.55 Å². The second-order valence-electron chi connectivity index (χ2n) is 6.39. The number of H-pyrrole nitrogens is 1. The Morgan fingerprint density at radius 1 is 1.35 bits per heavy atom. The number of hydrogen-bond acceptors (Lipinski definition) is 7. The average Bonchev–Trinajstić information content (AvgIpc) is 3.16. The maximum absolute atomic E-state index is 12.3. The van der Waals surface area contributed by atoms with Crippen LogP contribution in [0.5, 0.6) is 0 Å². The summed E-state index contributed by atoms with van der Waals surface area (Å²) in [5, 5.41) is 21.1. The van der Waals surface area contributed by atoms with Crippen LogP contribution in [0, 0.1) is 6.92 Å². The van der Waals surface area contributed by atoms with Crippen molar-refractivity contribution >= 4 is 5.90 Å². The third-order valence-electron chi connectivity index (χ3n) is 4.67. The smallest absolute Gasteiger partial charge is 0.330 e.